The molecular formula is C18H17NO5S. The molecule has 1 fully saturated rings. The van der Waals surface area contributed by atoms with Gasteiger partial charge in [0.2, 0.25) is 12.7 Å². The van der Waals surface area contributed by atoms with Gasteiger partial charge in [-0.05, 0) is 18.2 Å². The topological polar surface area (TPSA) is 57.2 Å². The SMILES string of the molecule is COc1cccc(C2SCC(=O)N2c2ccc3c(c2)OCO3)c1OC. The molecular weight excluding hydrogens is 342 g/mol. The lowest BCUT2D eigenvalue weighted by atomic mass is 10.1. The maximum absolute atomic E-state index is 12.6. The summed E-state index contributed by atoms with van der Waals surface area (Å²) in [6.45, 7) is 0.203. The van der Waals surface area contributed by atoms with Crippen LogP contribution in [0.25, 0.3) is 0 Å². The highest BCUT2D eigenvalue weighted by atomic mass is 32.2. The van der Waals surface area contributed by atoms with Crippen molar-refractivity contribution in [3.8, 4) is 23.0 Å². The van der Waals surface area contributed by atoms with Crippen LogP contribution < -0.4 is 23.8 Å². The Morgan fingerprint density at radius 1 is 1.12 bits per heavy atom. The number of thioether (sulfide) groups is 1. The van der Waals surface area contributed by atoms with E-state index in [1.54, 1.807) is 30.9 Å². The van der Waals surface area contributed by atoms with Crippen LogP contribution in [0.4, 0.5) is 5.69 Å². The molecule has 1 atom stereocenters. The summed E-state index contributed by atoms with van der Waals surface area (Å²) >= 11 is 1.56. The fourth-order valence-corrected chi connectivity index (χ4v) is 4.27. The number of nitrogens with zero attached hydrogens (tertiary/aromatic N) is 1. The van der Waals surface area contributed by atoms with Crippen molar-refractivity contribution >= 4 is 23.4 Å². The van der Waals surface area contributed by atoms with Gasteiger partial charge in [-0.1, -0.05) is 12.1 Å². The number of anilines is 1. The molecule has 4 rings (SSSR count). The normalized spacial score (nSPS) is 18.6. The molecule has 7 heteroatoms. The zero-order valence-electron chi connectivity index (χ0n) is 13.9. The van der Waals surface area contributed by atoms with Crippen molar-refractivity contribution in [3.63, 3.8) is 0 Å². The first-order valence-corrected chi connectivity index (χ1v) is 8.82. The lowest BCUT2D eigenvalue weighted by Gasteiger charge is -2.26. The lowest BCUT2D eigenvalue weighted by molar-refractivity contribution is -0.115. The number of hydrogen-bond acceptors (Lipinski definition) is 6. The van der Waals surface area contributed by atoms with Gasteiger partial charge in [0.1, 0.15) is 5.37 Å². The number of hydrogen-bond donors (Lipinski definition) is 0. The number of carbonyl (C=O) groups excluding carboxylic acids is 1. The van der Waals surface area contributed by atoms with Crippen molar-refractivity contribution in [2.45, 2.75) is 5.37 Å². The Morgan fingerprint density at radius 3 is 2.76 bits per heavy atom. The van der Waals surface area contributed by atoms with Crippen molar-refractivity contribution in [2.24, 2.45) is 0 Å². The molecule has 25 heavy (non-hydrogen) atoms. The van der Waals surface area contributed by atoms with E-state index < -0.39 is 0 Å². The summed E-state index contributed by atoms with van der Waals surface area (Å²) in [5, 5.41) is -0.196. The Morgan fingerprint density at radius 2 is 1.96 bits per heavy atom. The maximum atomic E-state index is 12.6. The largest absolute Gasteiger partial charge is 0.493 e. The van der Waals surface area contributed by atoms with E-state index in [0.717, 1.165) is 11.3 Å². The maximum Gasteiger partial charge on any atom is 0.238 e. The van der Waals surface area contributed by atoms with Crippen molar-refractivity contribution in [2.75, 3.05) is 31.7 Å². The van der Waals surface area contributed by atoms with Gasteiger partial charge in [0, 0.05) is 17.3 Å². The molecule has 130 valence electrons. The number of carbonyl (C=O) groups is 1. The third-order valence-corrected chi connectivity index (χ3v) is 5.40. The molecule has 2 aromatic carbocycles. The third kappa shape index (κ3) is 2.64. The van der Waals surface area contributed by atoms with E-state index in [4.69, 9.17) is 18.9 Å². The Balaban J connectivity index is 1.76. The van der Waals surface area contributed by atoms with Gasteiger partial charge in [-0.3, -0.25) is 9.69 Å². The first-order valence-electron chi connectivity index (χ1n) is 7.77. The van der Waals surface area contributed by atoms with Crippen LogP contribution in [0.5, 0.6) is 23.0 Å². The van der Waals surface area contributed by atoms with Crippen LogP contribution in [0, 0.1) is 0 Å². The molecule has 2 aromatic rings. The first-order chi connectivity index (χ1) is 12.2. The second-order valence-corrected chi connectivity index (χ2v) is 6.62. The zero-order chi connectivity index (χ0) is 17.4. The number of amides is 1. The molecule has 2 aliphatic rings. The second-order valence-electron chi connectivity index (χ2n) is 5.55. The van der Waals surface area contributed by atoms with E-state index in [9.17, 15) is 4.79 Å². The number of para-hydroxylation sites is 1. The molecule has 2 aliphatic heterocycles. The van der Waals surface area contributed by atoms with Gasteiger partial charge in [-0.25, -0.2) is 0 Å². The van der Waals surface area contributed by atoms with Gasteiger partial charge >= 0.3 is 0 Å². The molecule has 0 bridgehead atoms. The van der Waals surface area contributed by atoms with E-state index in [1.165, 1.54) is 0 Å². The Hall–Kier alpha value is -2.54. The molecule has 1 amide bonds. The Bertz CT molecular complexity index is 825. The number of rotatable bonds is 4. The van der Waals surface area contributed by atoms with Gasteiger partial charge in [-0.2, -0.15) is 0 Å². The first kappa shape index (κ1) is 16.0. The fraction of sp³-hybridized carbons (Fsp3) is 0.278. The zero-order valence-corrected chi connectivity index (χ0v) is 14.7. The van der Waals surface area contributed by atoms with Crippen molar-refractivity contribution < 1.29 is 23.7 Å². The smallest absolute Gasteiger partial charge is 0.238 e. The highest BCUT2D eigenvalue weighted by molar-refractivity contribution is 8.00. The molecule has 0 saturated carbocycles. The van der Waals surface area contributed by atoms with E-state index in [2.05, 4.69) is 0 Å². The van der Waals surface area contributed by atoms with E-state index in [1.807, 2.05) is 36.4 Å². The van der Waals surface area contributed by atoms with Gasteiger partial charge in [0.05, 0.1) is 20.0 Å². The standard InChI is InChI=1S/C18H17NO5S/c1-21-14-5-3-4-12(17(14)22-2)18-19(16(20)9-25-18)11-6-7-13-15(8-11)24-10-23-13/h3-8,18H,9-10H2,1-2H3. The quantitative estimate of drug-likeness (QED) is 0.836. The average molecular weight is 359 g/mol. The number of fused-ring (bicyclic) bond motifs is 1. The molecule has 0 aromatic heterocycles. The van der Waals surface area contributed by atoms with Crippen LogP contribution >= 0.6 is 11.8 Å². The third-order valence-electron chi connectivity index (χ3n) is 4.20. The van der Waals surface area contributed by atoms with E-state index >= 15 is 0 Å². The predicted octanol–water partition coefficient (Wildman–Crippen LogP) is 3.21. The Labute approximate surface area is 149 Å². The average Bonchev–Trinajstić information content (AvgIpc) is 3.26. The van der Waals surface area contributed by atoms with Gasteiger partial charge in [-0.15, -0.1) is 11.8 Å². The minimum absolute atomic E-state index is 0.0405. The summed E-state index contributed by atoms with van der Waals surface area (Å²) in [6, 6.07) is 11.2. The summed E-state index contributed by atoms with van der Waals surface area (Å²) in [5.74, 6) is 3.07. The van der Waals surface area contributed by atoms with E-state index in [0.29, 0.717) is 28.8 Å². The predicted molar refractivity (Wildman–Crippen MR) is 94.8 cm³/mol. The number of methoxy groups -OCH3 is 2. The molecule has 6 nitrogen and oxygen atoms in total. The Kier molecular flexibility index (Phi) is 4.09. The van der Waals surface area contributed by atoms with Gasteiger partial charge < -0.3 is 18.9 Å². The van der Waals surface area contributed by atoms with Crippen molar-refractivity contribution in [1.29, 1.82) is 0 Å². The van der Waals surface area contributed by atoms with Crippen LogP contribution in [0.1, 0.15) is 10.9 Å². The highest BCUT2D eigenvalue weighted by Crippen LogP contribution is 2.48. The summed E-state index contributed by atoms with van der Waals surface area (Å²) < 4.78 is 21.7. The fourth-order valence-electron chi connectivity index (χ4n) is 3.07. The van der Waals surface area contributed by atoms with Crippen molar-refractivity contribution in [3.05, 3.63) is 42.0 Å². The monoisotopic (exact) mass is 359 g/mol. The lowest BCUT2D eigenvalue weighted by Crippen LogP contribution is -2.28. The van der Waals surface area contributed by atoms with Crippen LogP contribution in [-0.2, 0) is 4.79 Å². The van der Waals surface area contributed by atoms with Gasteiger partial charge in [0.15, 0.2) is 23.0 Å². The molecule has 0 N–H and O–H groups in total. The molecule has 1 unspecified atom stereocenters. The minimum atomic E-state index is -0.196. The molecule has 0 aliphatic carbocycles. The van der Waals surface area contributed by atoms with Crippen LogP contribution in [-0.4, -0.2) is 32.7 Å². The van der Waals surface area contributed by atoms with Crippen LogP contribution in [0.2, 0.25) is 0 Å². The molecule has 1 saturated heterocycles. The molecule has 0 radical (unpaired) electrons. The van der Waals surface area contributed by atoms with Crippen LogP contribution in [0.15, 0.2) is 36.4 Å². The van der Waals surface area contributed by atoms with Crippen molar-refractivity contribution in [1.82, 2.24) is 0 Å². The summed E-state index contributed by atoms with van der Waals surface area (Å²) in [4.78, 5) is 14.3. The summed E-state index contributed by atoms with van der Waals surface area (Å²) in [6.07, 6.45) is 0. The molecule has 0 spiro atoms. The summed E-state index contributed by atoms with van der Waals surface area (Å²) in [5.41, 5.74) is 1.67. The highest BCUT2D eigenvalue weighted by Gasteiger charge is 2.37. The van der Waals surface area contributed by atoms with Crippen LogP contribution in [0.3, 0.4) is 0 Å². The summed E-state index contributed by atoms with van der Waals surface area (Å²) in [7, 11) is 3.21. The molecule has 2 heterocycles. The number of ether oxygens (including phenoxy) is 4. The van der Waals surface area contributed by atoms with E-state index in [-0.39, 0.29) is 18.1 Å². The van der Waals surface area contributed by atoms with Gasteiger partial charge in [0.25, 0.3) is 0 Å². The minimum Gasteiger partial charge on any atom is -0.493 e. The second kappa shape index (κ2) is 6.40. The number of benzene rings is 2.